The fourth-order valence-electron chi connectivity index (χ4n) is 3.09. The van der Waals surface area contributed by atoms with Crippen LogP contribution in [-0.4, -0.2) is 50.7 Å². The summed E-state index contributed by atoms with van der Waals surface area (Å²) in [6.07, 6.45) is 5.78. The lowest BCUT2D eigenvalue weighted by Crippen LogP contribution is -2.47. The van der Waals surface area contributed by atoms with Gasteiger partial charge in [-0.15, -0.1) is 5.10 Å². The number of hydrogen-bond acceptors (Lipinski definition) is 6. The Morgan fingerprint density at radius 3 is 2.23 bits per heavy atom. The number of hydrogen-bond donors (Lipinski definition) is 0. The molecule has 0 spiro atoms. The molecule has 0 bridgehead atoms. The third-order valence-corrected chi connectivity index (χ3v) is 4.73. The van der Waals surface area contributed by atoms with Gasteiger partial charge in [-0.1, -0.05) is 20.8 Å². The Kier molecular flexibility index (Phi) is 4.01. The lowest BCUT2D eigenvalue weighted by molar-refractivity contribution is 0.572. The van der Waals surface area contributed by atoms with Gasteiger partial charge in [0.2, 0.25) is 5.95 Å². The summed E-state index contributed by atoms with van der Waals surface area (Å²) in [4.78, 5) is 18.1. The van der Waals surface area contributed by atoms with Gasteiger partial charge in [0.15, 0.2) is 5.65 Å². The van der Waals surface area contributed by atoms with E-state index in [-0.39, 0.29) is 5.41 Å². The molecule has 3 aromatic rings. The fourth-order valence-corrected chi connectivity index (χ4v) is 3.09. The molecule has 0 unspecified atom stereocenters. The van der Waals surface area contributed by atoms with Gasteiger partial charge in [0.25, 0.3) is 0 Å². The van der Waals surface area contributed by atoms with Crippen LogP contribution in [0.4, 0.5) is 11.8 Å². The SMILES string of the molecule is Cc1cnc(N2CCN(c3ccc4nc(C(C)(C)C)cn4n3)CC2)nc1. The quantitative estimate of drug-likeness (QED) is 0.707. The summed E-state index contributed by atoms with van der Waals surface area (Å²) in [6.45, 7) is 12.1. The maximum Gasteiger partial charge on any atom is 0.225 e. The Morgan fingerprint density at radius 1 is 0.923 bits per heavy atom. The van der Waals surface area contributed by atoms with E-state index >= 15 is 0 Å². The zero-order valence-corrected chi connectivity index (χ0v) is 15.8. The highest BCUT2D eigenvalue weighted by molar-refractivity contribution is 5.48. The van der Waals surface area contributed by atoms with Crippen LogP contribution >= 0.6 is 0 Å². The minimum atomic E-state index is 0.0214. The number of anilines is 2. The molecule has 0 N–H and O–H groups in total. The molecule has 7 nitrogen and oxygen atoms in total. The van der Waals surface area contributed by atoms with E-state index in [9.17, 15) is 0 Å². The number of aromatic nitrogens is 5. The molecule has 136 valence electrons. The van der Waals surface area contributed by atoms with E-state index < -0.39 is 0 Å². The molecule has 0 aliphatic carbocycles. The van der Waals surface area contributed by atoms with E-state index in [0.29, 0.717) is 0 Å². The van der Waals surface area contributed by atoms with Gasteiger partial charge >= 0.3 is 0 Å². The molecule has 0 radical (unpaired) electrons. The summed E-state index contributed by atoms with van der Waals surface area (Å²) in [6, 6.07) is 4.11. The number of aryl methyl sites for hydroxylation is 1. The van der Waals surface area contributed by atoms with Gasteiger partial charge in [-0.2, -0.15) is 0 Å². The van der Waals surface area contributed by atoms with Crippen molar-refractivity contribution in [2.45, 2.75) is 33.1 Å². The zero-order chi connectivity index (χ0) is 18.3. The summed E-state index contributed by atoms with van der Waals surface area (Å²) in [5, 5.41) is 4.77. The van der Waals surface area contributed by atoms with Crippen LogP contribution in [0.2, 0.25) is 0 Å². The van der Waals surface area contributed by atoms with E-state index in [0.717, 1.165) is 54.8 Å². The molecule has 4 rings (SSSR count). The van der Waals surface area contributed by atoms with Crippen LogP contribution in [0.3, 0.4) is 0 Å². The first-order valence-electron chi connectivity index (χ1n) is 9.06. The predicted octanol–water partition coefficient (Wildman–Crippen LogP) is 2.45. The van der Waals surface area contributed by atoms with Crippen molar-refractivity contribution >= 4 is 17.4 Å². The third-order valence-electron chi connectivity index (χ3n) is 4.73. The fraction of sp³-hybridized carbons (Fsp3) is 0.474. The zero-order valence-electron chi connectivity index (χ0n) is 15.8. The van der Waals surface area contributed by atoms with Gasteiger partial charge < -0.3 is 9.80 Å². The van der Waals surface area contributed by atoms with Crippen molar-refractivity contribution in [1.29, 1.82) is 0 Å². The van der Waals surface area contributed by atoms with Crippen molar-refractivity contribution in [1.82, 2.24) is 24.6 Å². The number of fused-ring (bicyclic) bond motifs is 1. The highest BCUT2D eigenvalue weighted by Gasteiger charge is 2.21. The van der Waals surface area contributed by atoms with E-state index in [1.807, 2.05) is 36.1 Å². The lowest BCUT2D eigenvalue weighted by atomic mass is 9.93. The molecule has 1 fully saturated rings. The minimum Gasteiger partial charge on any atom is -0.352 e. The second kappa shape index (κ2) is 6.23. The average molecular weight is 351 g/mol. The topological polar surface area (TPSA) is 62.5 Å². The molecule has 1 aliphatic rings. The molecule has 3 aromatic heterocycles. The second-order valence-electron chi connectivity index (χ2n) is 7.90. The summed E-state index contributed by atoms with van der Waals surface area (Å²) in [7, 11) is 0. The number of rotatable bonds is 2. The molecule has 7 heteroatoms. The van der Waals surface area contributed by atoms with Crippen LogP contribution in [0, 0.1) is 6.92 Å². The normalized spacial score (nSPS) is 15.7. The lowest BCUT2D eigenvalue weighted by Gasteiger charge is -2.35. The largest absolute Gasteiger partial charge is 0.352 e. The Balaban J connectivity index is 1.49. The average Bonchev–Trinajstić information content (AvgIpc) is 3.06. The van der Waals surface area contributed by atoms with Crippen LogP contribution in [0.15, 0.2) is 30.7 Å². The standard InChI is InChI=1S/C19H25N7/c1-14-11-20-18(21-12-14)25-9-7-24(8-10-25)17-6-5-16-22-15(19(2,3)4)13-26(16)23-17/h5-6,11-13H,7-10H2,1-4H3. The van der Waals surface area contributed by atoms with Gasteiger partial charge in [-0.3, -0.25) is 0 Å². The number of nitrogens with zero attached hydrogens (tertiary/aromatic N) is 7. The van der Waals surface area contributed by atoms with Crippen molar-refractivity contribution in [3.8, 4) is 0 Å². The van der Waals surface area contributed by atoms with Crippen molar-refractivity contribution in [3.63, 3.8) is 0 Å². The van der Waals surface area contributed by atoms with Gasteiger partial charge in [-0.25, -0.2) is 19.5 Å². The number of piperazine rings is 1. The molecule has 0 atom stereocenters. The van der Waals surface area contributed by atoms with Gasteiger partial charge in [0, 0.05) is 44.0 Å². The summed E-state index contributed by atoms with van der Waals surface area (Å²) < 4.78 is 1.89. The Morgan fingerprint density at radius 2 is 1.58 bits per heavy atom. The van der Waals surface area contributed by atoms with Crippen LogP contribution in [0.25, 0.3) is 5.65 Å². The van der Waals surface area contributed by atoms with Crippen molar-refractivity contribution in [2.24, 2.45) is 0 Å². The summed E-state index contributed by atoms with van der Waals surface area (Å²) in [5.74, 6) is 1.79. The van der Waals surface area contributed by atoms with Gasteiger partial charge in [0.05, 0.1) is 11.9 Å². The summed E-state index contributed by atoms with van der Waals surface area (Å²) in [5.41, 5.74) is 3.06. The van der Waals surface area contributed by atoms with Crippen molar-refractivity contribution in [3.05, 3.63) is 42.0 Å². The summed E-state index contributed by atoms with van der Waals surface area (Å²) >= 11 is 0. The Hall–Kier alpha value is -2.70. The van der Waals surface area contributed by atoms with Crippen LogP contribution in [0.1, 0.15) is 32.0 Å². The molecular weight excluding hydrogens is 326 g/mol. The highest BCUT2D eigenvalue weighted by atomic mass is 15.4. The van der Waals surface area contributed by atoms with E-state index in [4.69, 9.17) is 5.10 Å². The van der Waals surface area contributed by atoms with Gasteiger partial charge in [0.1, 0.15) is 5.82 Å². The smallest absolute Gasteiger partial charge is 0.225 e. The predicted molar refractivity (Wildman–Crippen MR) is 103 cm³/mol. The molecule has 0 aromatic carbocycles. The third kappa shape index (κ3) is 3.21. The van der Waals surface area contributed by atoms with Gasteiger partial charge in [-0.05, 0) is 24.6 Å². The van der Waals surface area contributed by atoms with Crippen LogP contribution in [-0.2, 0) is 5.41 Å². The Bertz CT molecular complexity index is 900. The monoisotopic (exact) mass is 351 g/mol. The highest BCUT2D eigenvalue weighted by Crippen LogP contribution is 2.22. The molecule has 1 saturated heterocycles. The first-order valence-corrected chi connectivity index (χ1v) is 9.06. The van der Waals surface area contributed by atoms with E-state index in [1.54, 1.807) is 0 Å². The van der Waals surface area contributed by atoms with E-state index in [1.165, 1.54) is 0 Å². The number of imidazole rings is 1. The maximum atomic E-state index is 4.77. The molecule has 0 saturated carbocycles. The second-order valence-corrected chi connectivity index (χ2v) is 7.90. The van der Waals surface area contributed by atoms with Crippen LogP contribution < -0.4 is 9.80 Å². The Labute approximate surface area is 153 Å². The minimum absolute atomic E-state index is 0.0214. The van der Waals surface area contributed by atoms with Crippen LogP contribution in [0.5, 0.6) is 0 Å². The first kappa shape index (κ1) is 16.8. The molecule has 26 heavy (non-hydrogen) atoms. The molecular formula is C19H25N7. The first-order chi connectivity index (χ1) is 12.4. The van der Waals surface area contributed by atoms with E-state index in [2.05, 4.69) is 51.6 Å². The van der Waals surface area contributed by atoms with Crippen molar-refractivity contribution in [2.75, 3.05) is 36.0 Å². The molecule has 4 heterocycles. The molecule has 1 aliphatic heterocycles. The maximum absolute atomic E-state index is 4.77. The molecule has 0 amide bonds. The van der Waals surface area contributed by atoms with Crippen molar-refractivity contribution < 1.29 is 0 Å².